The standard InChI is InChI=1S/C31H31NO10/c1-3-28(33)38-14-5-4-13-37-23-9-7-21(8-10-23)30(34)41-24-11-6-20(17-26(24)36-2)16-22(18-32)31(35)42-27-19-40-25-12-15-39-29(25)27/h3,6-11,16-17,25,27,29H,1,4-5,12-15,19H2,2H3/b22-16+/t25?,27-,29?/m1/s1. The summed E-state index contributed by atoms with van der Waals surface area (Å²) < 4.78 is 38.1. The van der Waals surface area contributed by atoms with Crippen molar-refractivity contribution >= 4 is 24.0 Å². The summed E-state index contributed by atoms with van der Waals surface area (Å²) in [6, 6.07) is 13.0. The first-order valence-corrected chi connectivity index (χ1v) is 13.4. The number of ether oxygens (including phenoxy) is 7. The van der Waals surface area contributed by atoms with E-state index in [0.29, 0.717) is 49.5 Å². The highest BCUT2D eigenvalue weighted by Crippen LogP contribution is 2.31. The summed E-state index contributed by atoms with van der Waals surface area (Å²) >= 11 is 0. The van der Waals surface area contributed by atoms with Gasteiger partial charge in [-0.2, -0.15) is 5.26 Å². The number of hydrogen-bond acceptors (Lipinski definition) is 11. The molecule has 3 atom stereocenters. The van der Waals surface area contributed by atoms with E-state index in [1.807, 2.05) is 6.07 Å². The van der Waals surface area contributed by atoms with Crippen LogP contribution in [0.3, 0.4) is 0 Å². The third-order valence-corrected chi connectivity index (χ3v) is 6.53. The molecule has 2 heterocycles. The Morgan fingerprint density at radius 1 is 1.07 bits per heavy atom. The van der Waals surface area contributed by atoms with Gasteiger partial charge in [0.05, 0.1) is 38.6 Å². The van der Waals surface area contributed by atoms with Crippen molar-refractivity contribution in [2.24, 2.45) is 0 Å². The maximum atomic E-state index is 12.7. The number of benzene rings is 2. The Hall–Kier alpha value is -4.66. The molecular formula is C31H31NO10. The molecule has 0 aliphatic carbocycles. The van der Waals surface area contributed by atoms with Gasteiger partial charge in [0.2, 0.25) is 0 Å². The van der Waals surface area contributed by atoms with Crippen LogP contribution in [-0.4, -0.2) is 69.8 Å². The van der Waals surface area contributed by atoms with Gasteiger partial charge in [-0.25, -0.2) is 14.4 Å². The number of carbonyl (C=O) groups excluding carboxylic acids is 3. The van der Waals surface area contributed by atoms with Crippen molar-refractivity contribution in [3.63, 3.8) is 0 Å². The van der Waals surface area contributed by atoms with Crippen LogP contribution < -0.4 is 14.2 Å². The number of methoxy groups -OCH3 is 1. The van der Waals surface area contributed by atoms with Crippen LogP contribution in [-0.2, 0) is 28.5 Å². The molecule has 11 nitrogen and oxygen atoms in total. The first-order chi connectivity index (χ1) is 20.4. The first-order valence-electron chi connectivity index (χ1n) is 13.4. The summed E-state index contributed by atoms with van der Waals surface area (Å²) in [5.41, 5.74) is 0.559. The van der Waals surface area contributed by atoms with Gasteiger partial charge in [0.15, 0.2) is 17.6 Å². The number of nitriles is 1. The minimum absolute atomic E-state index is 0.0960. The van der Waals surface area contributed by atoms with Crippen LogP contribution in [0.2, 0.25) is 0 Å². The van der Waals surface area contributed by atoms with E-state index in [1.165, 1.54) is 25.3 Å². The number of unbranched alkanes of at least 4 members (excludes halogenated alkanes) is 1. The fourth-order valence-electron chi connectivity index (χ4n) is 4.37. The van der Waals surface area contributed by atoms with Crippen molar-refractivity contribution in [3.05, 3.63) is 71.8 Å². The highest BCUT2D eigenvalue weighted by molar-refractivity contribution is 5.98. The summed E-state index contributed by atoms with van der Waals surface area (Å²) in [4.78, 5) is 36.4. The lowest BCUT2D eigenvalue weighted by Crippen LogP contribution is -2.32. The molecule has 4 rings (SSSR count). The van der Waals surface area contributed by atoms with Gasteiger partial charge in [-0.1, -0.05) is 12.6 Å². The molecule has 0 aromatic heterocycles. The minimum Gasteiger partial charge on any atom is -0.494 e. The zero-order valence-electron chi connectivity index (χ0n) is 23.1. The molecule has 11 heteroatoms. The predicted octanol–water partition coefficient (Wildman–Crippen LogP) is 3.81. The Kier molecular flexibility index (Phi) is 10.7. The van der Waals surface area contributed by atoms with E-state index in [-0.39, 0.29) is 35.9 Å². The van der Waals surface area contributed by atoms with Crippen molar-refractivity contribution in [2.45, 2.75) is 37.6 Å². The second kappa shape index (κ2) is 14.8. The topological polar surface area (TPSA) is 140 Å². The molecule has 0 N–H and O–H groups in total. The van der Waals surface area contributed by atoms with Crippen molar-refractivity contribution in [1.82, 2.24) is 0 Å². The molecule has 2 aliphatic rings. The van der Waals surface area contributed by atoms with Crippen molar-refractivity contribution < 1.29 is 47.5 Å². The summed E-state index contributed by atoms with van der Waals surface area (Å²) in [6.07, 6.45) is 3.57. The summed E-state index contributed by atoms with van der Waals surface area (Å²) in [7, 11) is 1.41. The molecular weight excluding hydrogens is 546 g/mol. The average molecular weight is 578 g/mol. The molecule has 0 spiro atoms. The van der Waals surface area contributed by atoms with Gasteiger partial charge in [0, 0.05) is 12.7 Å². The Balaban J connectivity index is 1.31. The van der Waals surface area contributed by atoms with Crippen LogP contribution >= 0.6 is 0 Å². The molecule has 0 radical (unpaired) electrons. The van der Waals surface area contributed by atoms with Crippen LogP contribution in [0.5, 0.6) is 17.2 Å². The monoisotopic (exact) mass is 577 g/mol. The average Bonchev–Trinajstić information content (AvgIpc) is 3.63. The smallest absolute Gasteiger partial charge is 0.349 e. The summed E-state index contributed by atoms with van der Waals surface area (Å²) in [5, 5.41) is 9.56. The second-order valence-corrected chi connectivity index (χ2v) is 9.36. The molecule has 0 saturated carbocycles. The number of hydrogen-bond donors (Lipinski definition) is 0. The van der Waals surface area contributed by atoms with Gasteiger partial charge in [-0.05, 0) is 67.3 Å². The van der Waals surface area contributed by atoms with E-state index in [1.54, 1.807) is 30.3 Å². The zero-order valence-corrected chi connectivity index (χ0v) is 23.1. The van der Waals surface area contributed by atoms with Gasteiger partial charge in [-0.15, -0.1) is 0 Å². The van der Waals surface area contributed by atoms with Gasteiger partial charge < -0.3 is 33.2 Å². The molecule has 2 aromatic carbocycles. The molecule has 2 fully saturated rings. The van der Waals surface area contributed by atoms with Crippen molar-refractivity contribution in [2.75, 3.05) is 33.5 Å². The highest BCUT2D eigenvalue weighted by atomic mass is 16.6. The Bertz CT molecular complexity index is 1360. The fraction of sp³-hybridized carbons (Fsp3) is 0.355. The Morgan fingerprint density at radius 2 is 1.86 bits per heavy atom. The normalized spacial score (nSPS) is 19.2. The number of nitrogens with zero attached hydrogens (tertiary/aromatic N) is 1. The van der Waals surface area contributed by atoms with E-state index in [2.05, 4.69) is 6.58 Å². The van der Waals surface area contributed by atoms with E-state index >= 15 is 0 Å². The van der Waals surface area contributed by atoms with E-state index < -0.39 is 24.0 Å². The van der Waals surface area contributed by atoms with Crippen LogP contribution in [0, 0.1) is 11.3 Å². The number of fused-ring (bicyclic) bond motifs is 1. The molecule has 2 aliphatic heterocycles. The van der Waals surface area contributed by atoms with Gasteiger partial charge in [0.25, 0.3) is 0 Å². The van der Waals surface area contributed by atoms with Crippen molar-refractivity contribution in [3.8, 4) is 23.3 Å². The molecule has 42 heavy (non-hydrogen) atoms. The molecule has 0 amide bonds. The largest absolute Gasteiger partial charge is 0.494 e. The third kappa shape index (κ3) is 7.96. The minimum atomic E-state index is -0.779. The zero-order chi connectivity index (χ0) is 29.9. The summed E-state index contributed by atoms with van der Waals surface area (Å²) in [6.45, 7) is 4.81. The summed E-state index contributed by atoms with van der Waals surface area (Å²) in [5.74, 6) is -0.884. The first kappa shape index (κ1) is 30.3. The lowest BCUT2D eigenvalue weighted by atomic mass is 10.1. The predicted molar refractivity (Wildman–Crippen MR) is 148 cm³/mol. The molecule has 2 saturated heterocycles. The van der Waals surface area contributed by atoms with Crippen molar-refractivity contribution in [1.29, 1.82) is 5.26 Å². The van der Waals surface area contributed by atoms with Crippen LogP contribution in [0.15, 0.2) is 60.7 Å². The van der Waals surface area contributed by atoms with Crippen LogP contribution in [0.1, 0.15) is 35.2 Å². The lowest BCUT2D eigenvalue weighted by molar-refractivity contribution is -0.148. The second-order valence-electron chi connectivity index (χ2n) is 9.36. The molecule has 220 valence electrons. The molecule has 2 unspecified atom stereocenters. The quantitative estimate of drug-likeness (QED) is 0.113. The van der Waals surface area contributed by atoms with E-state index in [0.717, 1.165) is 12.5 Å². The van der Waals surface area contributed by atoms with Crippen LogP contribution in [0.25, 0.3) is 6.08 Å². The van der Waals surface area contributed by atoms with Crippen LogP contribution in [0.4, 0.5) is 0 Å². The van der Waals surface area contributed by atoms with Gasteiger partial charge in [-0.3, -0.25) is 0 Å². The fourth-order valence-corrected chi connectivity index (χ4v) is 4.37. The van der Waals surface area contributed by atoms with Gasteiger partial charge >= 0.3 is 17.9 Å². The molecule has 2 aromatic rings. The molecule has 0 bridgehead atoms. The lowest BCUT2D eigenvalue weighted by Gasteiger charge is -2.16. The SMILES string of the molecule is C=CC(=O)OCCCCOc1ccc(C(=O)Oc2ccc(/C=C(\C#N)C(=O)O[C@@H]3COC4CCOC43)cc2OC)cc1. The maximum Gasteiger partial charge on any atom is 0.349 e. The maximum absolute atomic E-state index is 12.7. The van der Waals surface area contributed by atoms with Gasteiger partial charge in [0.1, 0.15) is 23.5 Å². The number of carbonyl (C=O) groups is 3. The number of rotatable bonds is 13. The third-order valence-electron chi connectivity index (χ3n) is 6.53. The highest BCUT2D eigenvalue weighted by Gasteiger charge is 2.44. The van der Waals surface area contributed by atoms with E-state index in [9.17, 15) is 19.6 Å². The Labute approximate surface area is 243 Å². The van der Waals surface area contributed by atoms with E-state index in [4.69, 9.17) is 33.2 Å². The Morgan fingerprint density at radius 3 is 2.60 bits per heavy atom. The number of esters is 3.